The molecule has 0 saturated heterocycles. The minimum atomic E-state index is -0.579. The van der Waals surface area contributed by atoms with Gasteiger partial charge < -0.3 is 4.74 Å². The summed E-state index contributed by atoms with van der Waals surface area (Å²) < 4.78 is 7.55. The van der Waals surface area contributed by atoms with E-state index in [1.165, 1.54) is 16.9 Å². The molecule has 4 rings (SSSR count). The summed E-state index contributed by atoms with van der Waals surface area (Å²) in [5.74, 6) is -0.0530. The van der Waals surface area contributed by atoms with Crippen LogP contribution in [0.1, 0.15) is 56.3 Å². The van der Waals surface area contributed by atoms with Crippen LogP contribution in [0.4, 0.5) is 0 Å². The van der Waals surface area contributed by atoms with E-state index in [4.69, 9.17) is 4.74 Å². The van der Waals surface area contributed by atoms with Crippen molar-refractivity contribution in [2.75, 3.05) is 6.61 Å². The van der Waals surface area contributed by atoms with Crippen LogP contribution in [0.15, 0.2) is 75.7 Å². The van der Waals surface area contributed by atoms with Crippen LogP contribution in [0.3, 0.4) is 0 Å². The lowest BCUT2D eigenvalue weighted by atomic mass is 9.93. The summed E-state index contributed by atoms with van der Waals surface area (Å²) in [5.41, 5.74) is 3.82. The Hall–Kier alpha value is -3.25. The Balaban J connectivity index is 1.94. The highest BCUT2D eigenvalue weighted by molar-refractivity contribution is 7.07. The standard InChI is InChI=1S/C26H26N2O3S/c1-5-31-25(30)22-17(4)27-26-28(23(22)20-13-11-19(12-14-20)16(2)3)24(29)21(32-26)15-18-9-7-6-8-10-18/h6-16,23H,5H2,1-4H3. The molecule has 1 unspecified atom stereocenters. The van der Waals surface area contributed by atoms with Gasteiger partial charge in [0.1, 0.15) is 0 Å². The second kappa shape index (κ2) is 9.09. The number of rotatable bonds is 5. The SMILES string of the molecule is CCOC(=O)C1=C(C)N=c2sc(=Cc3ccccc3)c(=O)n2C1c1ccc(C(C)C)cc1. The number of esters is 1. The first-order valence-electron chi connectivity index (χ1n) is 10.7. The van der Waals surface area contributed by atoms with E-state index in [0.717, 1.165) is 11.1 Å². The van der Waals surface area contributed by atoms with Gasteiger partial charge in [-0.15, -0.1) is 0 Å². The molecular formula is C26H26N2O3S. The third-order valence-corrected chi connectivity index (χ3v) is 6.52. The van der Waals surface area contributed by atoms with Crippen molar-refractivity contribution in [2.45, 2.75) is 39.7 Å². The Kier molecular flexibility index (Phi) is 6.24. The molecule has 0 saturated carbocycles. The molecule has 0 N–H and O–H groups in total. The molecular weight excluding hydrogens is 420 g/mol. The number of thiazole rings is 1. The van der Waals surface area contributed by atoms with E-state index in [2.05, 4.69) is 31.0 Å². The van der Waals surface area contributed by atoms with E-state index in [1.807, 2.05) is 48.5 Å². The highest BCUT2D eigenvalue weighted by Crippen LogP contribution is 2.31. The van der Waals surface area contributed by atoms with Crippen molar-refractivity contribution in [2.24, 2.45) is 4.99 Å². The maximum absolute atomic E-state index is 13.5. The smallest absolute Gasteiger partial charge is 0.338 e. The van der Waals surface area contributed by atoms with Gasteiger partial charge in [-0.2, -0.15) is 0 Å². The van der Waals surface area contributed by atoms with Crippen LogP contribution in [0.2, 0.25) is 0 Å². The lowest BCUT2D eigenvalue weighted by molar-refractivity contribution is -0.139. The largest absolute Gasteiger partial charge is 0.463 e. The number of fused-ring (bicyclic) bond motifs is 1. The molecule has 0 aliphatic carbocycles. The average Bonchev–Trinajstić information content (AvgIpc) is 3.08. The lowest BCUT2D eigenvalue weighted by Gasteiger charge is -2.25. The van der Waals surface area contributed by atoms with Crippen LogP contribution in [-0.2, 0) is 9.53 Å². The fourth-order valence-corrected chi connectivity index (χ4v) is 4.92. The zero-order valence-corrected chi connectivity index (χ0v) is 19.5. The van der Waals surface area contributed by atoms with Gasteiger partial charge in [0.2, 0.25) is 0 Å². The molecule has 2 heterocycles. The quantitative estimate of drug-likeness (QED) is 0.558. The molecule has 6 heteroatoms. The Morgan fingerprint density at radius 2 is 1.84 bits per heavy atom. The maximum atomic E-state index is 13.5. The first-order chi connectivity index (χ1) is 15.4. The third kappa shape index (κ3) is 4.10. The average molecular weight is 447 g/mol. The zero-order chi connectivity index (χ0) is 22.8. The Labute approximate surface area is 191 Å². The molecule has 0 bridgehead atoms. The second-order valence-electron chi connectivity index (χ2n) is 8.03. The number of benzene rings is 2. The number of nitrogens with zero attached hydrogens (tertiary/aromatic N) is 2. The number of carbonyl (C=O) groups is 1. The predicted octanol–water partition coefficient (Wildman–Crippen LogP) is 3.92. The molecule has 5 nitrogen and oxygen atoms in total. The fraction of sp³-hybridized carbons (Fsp3) is 0.269. The van der Waals surface area contributed by atoms with Gasteiger partial charge in [-0.25, -0.2) is 9.79 Å². The lowest BCUT2D eigenvalue weighted by Crippen LogP contribution is -2.39. The summed E-state index contributed by atoms with van der Waals surface area (Å²) in [4.78, 5) is 31.6. The Bertz CT molecular complexity index is 1350. The summed E-state index contributed by atoms with van der Waals surface area (Å²) in [7, 11) is 0. The van der Waals surface area contributed by atoms with Crippen molar-refractivity contribution in [1.29, 1.82) is 0 Å². The minimum Gasteiger partial charge on any atom is -0.463 e. The molecule has 32 heavy (non-hydrogen) atoms. The van der Waals surface area contributed by atoms with Crippen molar-refractivity contribution in [3.8, 4) is 0 Å². The van der Waals surface area contributed by atoms with E-state index in [1.54, 1.807) is 18.4 Å². The van der Waals surface area contributed by atoms with Gasteiger partial charge in [0, 0.05) is 0 Å². The molecule has 164 valence electrons. The number of allylic oxidation sites excluding steroid dienone is 1. The first-order valence-corrected chi connectivity index (χ1v) is 11.6. The maximum Gasteiger partial charge on any atom is 0.338 e. The molecule has 0 amide bonds. The second-order valence-corrected chi connectivity index (χ2v) is 9.04. The molecule has 3 aromatic rings. The topological polar surface area (TPSA) is 60.7 Å². The normalized spacial score (nSPS) is 16.2. The summed E-state index contributed by atoms with van der Waals surface area (Å²) in [6, 6.07) is 17.2. The van der Waals surface area contributed by atoms with Crippen LogP contribution in [-0.4, -0.2) is 17.1 Å². The van der Waals surface area contributed by atoms with Crippen molar-refractivity contribution in [1.82, 2.24) is 4.57 Å². The third-order valence-electron chi connectivity index (χ3n) is 5.53. The molecule has 0 spiro atoms. The summed E-state index contributed by atoms with van der Waals surface area (Å²) in [6.07, 6.45) is 1.87. The Morgan fingerprint density at radius 3 is 2.47 bits per heavy atom. The fourth-order valence-electron chi connectivity index (χ4n) is 3.87. The van der Waals surface area contributed by atoms with E-state index in [0.29, 0.717) is 26.5 Å². The minimum absolute atomic E-state index is 0.162. The van der Waals surface area contributed by atoms with Crippen molar-refractivity contribution >= 4 is 23.4 Å². The van der Waals surface area contributed by atoms with Gasteiger partial charge in [-0.3, -0.25) is 9.36 Å². The molecule has 0 radical (unpaired) electrons. The van der Waals surface area contributed by atoms with E-state index >= 15 is 0 Å². The highest BCUT2D eigenvalue weighted by Gasteiger charge is 2.33. The van der Waals surface area contributed by atoms with E-state index < -0.39 is 12.0 Å². The van der Waals surface area contributed by atoms with Gasteiger partial charge in [0.15, 0.2) is 4.80 Å². The summed E-state index contributed by atoms with van der Waals surface area (Å²) >= 11 is 1.34. The van der Waals surface area contributed by atoms with Gasteiger partial charge >= 0.3 is 5.97 Å². The zero-order valence-electron chi connectivity index (χ0n) is 18.7. The molecule has 0 fully saturated rings. The molecule has 1 aliphatic rings. The van der Waals surface area contributed by atoms with Crippen LogP contribution in [0.25, 0.3) is 6.08 Å². The van der Waals surface area contributed by atoms with Crippen LogP contribution in [0, 0.1) is 0 Å². The van der Waals surface area contributed by atoms with Crippen LogP contribution in [0.5, 0.6) is 0 Å². The van der Waals surface area contributed by atoms with E-state index in [-0.39, 0.29) is 12.2 Å². The van der Waals surface area contributed by atoms with E-state index in [9.17, 15) is 9.59 Å². The van der Waals surface area contributed by atoms with Crippen LogP contribution >= 0.6 is 11.3 Å². The van der Waals surface area contributed by atoms with Crippen molar-refractivity contribution < 1.29 is 9.53 Å². The molecule has 1 aromatic heterocycles. The van der Waals surface area contributed by atoms with Crippen molar-refractivity contribution in [3.05, 3.63) is 102 Å². The van der Waals surface area contributed by atoms with Gasteiger partial charge in [0.25, 0.3) is 5.56 Å². The number of aromatic nitrogens is 1. The number of ether oxygens (including phenoxy) is 1. The number of hydrogen-bond acceptors (Lipinski definition) is 5. The highest BCUT2D eigenvalue weighted by atomic mass is 32.1. The summed E-state index contributed by atoms with van der Waals surface area (Å²) in [6.45, 7) is 8.10. The van der Waals surface area contributed by atoms with Crippen LogP contribution < -0.4 is 14.9 Å². The predicted molar refractivity (Wildman–Crippen MR) is 127 cm³/mol. The molecule has 2 aromatic carbocycles. The first kappa shape index (κ1) is 22.0. The van der Waals surface area contributed by atoms with Crippen molar-refractivity contribution in [3.63, 3.8) is 0 Å². The monoisotopic (exact) mass is 446 g/mol. The van der Waals surface area contributed by atoms with Gasteiger partial charge in [-0.1, -0.05) is 79.8 Å². The molecule has 1 aliphatic heterocycles. The summed E-state index contributed by atoms with van der Waals surface area (Å²) in [5, 5.41) is 0. The molecule has 1 atom stereocenters. The Morgan fingerprint density at radius 1 is 1.16 bits per heavy atom. The number of carbonyl (C=O) groups excluding carboxylic acids is 1. The van der Waals surface area contributed by atoms with Gasteiger partial charge in [-0.05, 0) is 42.5 Å². The van der Waals surface area contributed by atoms with Gasteiger partial charge in [0.05, 0.1) is 28.5 Å². The number of hydrogen-bond donors (Lipinski definition) is 0.